The van der Waals surface area contributed by atoms with Crippen LogP contribution in [0.5, 0.6) is 0 Å². The van der Waals surface area contributed by atoms with Gasteiger partial charge in [0.25, 0.3) is 0 Å². The molecule has 0 aliphatic heterocycles. The van der Waals surface area contributed by atoms with Gasteiger partial charge in [-0.1, -0.05) is 13.8 Å². The van der Waals surface area contributed by atoms with Gasteiger partial charge in [-0.05, 0) is 18.8 Å². The Morgan fingerprint density at radius 2 is 1.86 bits per heavy atom. The number of rotatable bonds is 6. The number of hydrogen-bond acceptors (Lipinski definition) is 4. The molecule has 2 N–H and O–H groups in total. The van der Waals surface area contributed by atoms with Crippen molar-refractivity contribution in [1.29, 1.82) is 0 Å². The third-order valence-corrected chi connectivity index (χ3v) is 2.28. The van der Waals surface area contributed by atoms with Crippen molar-refractivity contribution in [3.8, 4) is 0 Å². The first-order chi connectivity index (χ1) is 6.29. The van der Waals surface area contributed by atoms with Gasteiger partial charge < -0.3 is 10.2 Å². The summed E-state index contributed by atoms with van der Waals surface area (Å²) in [5, 5.41) is 20.1. The van der Waals surface area contributed by atoms with Crippen LogP contribution < -0.4 is 0 Å². The molecule has 4 nitrogen and oxygen atoms in total. The smallest absolute Gasteiger partial charge is 0.0822 e. The van der Waals surface area contributed by atoms with Gasteiger partial charge in [0.2, 0.25) is 0 Å². The van der Waals surface area contributed by atoms with E-state index in [0.717, 1.165) is 0 Å². The lowest BCUT2D eigenvalue weighted by Gasteiger charge is -2.32. The van der Waals surface area contributed by atoms with Gasteiger partial charge in [0.1, 0.15) is 0 Å². The van der Waals surface area contributed by atoms with E-state index in [2.05, 4.69) is 0 Å². The highest BCUT2D eigenvalue weighted by molar-refractivity contribution is 4.79. The van der Waals surface area contributed by atoms with Gasteiger partial charge in [0.15, 0.2) is 0 Å². The van der Waals surface area contributed by atoms with E-state index >= 15 is 0 Å². The SMILES string of the molecule is CC(CC(C)(C)C(O)CO)ON(C)C. The van der Waals surface area contributed by atoms with E-state index < -0.39 is 6.10 Å². The monoisotopic (exact) mass is 205 g/mol. The number of aliphatic hydroxyl groups excluding tert-OH is 2. The van der Waals surface area contributed by atoms with E-state index in [9.17, 15) is 5.11 Å². The van der Waals surface area contributed by atoms with Crippen LogP contribution in [0.15, 0.2) is 0 Å². The molecule has 0 rings (SSSR count). The first-order valence-electron chi connectivity index (χ1n) is 4.92. The molecule has 0 aromatic carbocycles. The Hall–Kier alpha value is -0.160. The Morgan fingerprint density at radius 1 is 1.36 bits per heavy atom. The minimum absolute atomic E-state index is 0.0289. The average molecular weight is 205 g/mol. The highest BCUT2D eigenvalue weighted by Crippen LogP contribution is 2.27. The molecule has 0 fully saturated rings. The Balaban J connectivity index is 4.07. The minimum Gasteiger partial charge on any atom is -0.394 e. The maximum absolute atomic E-state index is 9.55. The van der Waals surface area contributed by atoms with Crippen LogP contribution in [0.2, 0.25) is 0 Å². The third kappa shape index (κ3) is 4.91. The van der Waals surface area contributed by atoms with Gasteiger partial charge in [-0.2, -0.15) is 5.06 Å². The largest absolute Gasteiger partial charge is 0.394 e. The van der Waals surface area contributed by atoms with Crippen LogP contribution >= 0.6 is 0 Å². The molecule has 2 unspecified atom stereocenters. The molecule has 86 valence electrons. The van der Waals surface area contributed by atoms with Gasteiger partial charge in [-0.3, -0.25) is 4.84 Å². The number of hydroxylamine groups is 2. The Labute approximate surface area is 86.4 Å². The second kappa shape index (κ2) is 5.66. The zero-order valence-electron chi connectivity index (χ0n) is 9.82. The van der Waals surface area contributed by atoms with Crippen LogP contribution in [0.25, 0.3) is 0 Å². The summed E-state index contributed by atoms with van der Waals surface area (Å²) < 4.78 is 0. The minimum atomic E-state index is -0.698. The van der Waals surface area contributed by atoms with Crippen LogP contribution in [0.3, 0.4) is 0 Å². The average Bonchev–Trinajstić information content (AvgIpc) is 1.99. The fourth-order valence-corrected chi connectivity index (χ4v) is 1.52. The van der Waals surface area contributed by atoms with Crippen molar-refractivity contribution in [2.24, 2.45) is 5.41 Å². The molecule has 0 bridgehead atoms. The van der Waals surface area contributed by atoms with Gasteiger partial charge in [0.05, 0.1) is 18.8 Å². The van der Waals surface area contributed by atoms with Crippen molar-refractivity contribution in [3.05, 3.63) is 0 Å². The van der Waals surface area contributed by atoms with Crippen LogP contribution in [-0.2, 0) is 4.84 Å². The predicted octanol–water partition coefficient (Wildman–Crippen LogP) is 0.638. The molecule has 4 heteroatoms. The molecule has 0 aromatic rings. The molecule has 0 radical (unpaired) electrons. The summed E-state index contributed by atoms with van der Waals surface area (Å²) in [6.45, 7) is 5.58. The molecule has 0 saturated heterocycles. The zero-order chi connectivity index (χ0) is 11.4. The first-order valence-corrected chi connectivity index (χ1v) is 4.92. The molecule has 0 spiro atoms. The maximum Gasteiger partial charge on any atom is 0.0822 e. The van der Waals surface area contributed by atoms with Crippen molar-refractivity contribution in [3.63, 3.8) is 0 Å². The summed E-state index contributed by atoms with van der Waals surface area (Å²) in [5.41, 5.74) is -0.329. The van der Waals surface area contributed by atoms with Crippen LogP contribution in [0.4, 0.5) is 0 Å². The van der Waals surface area contributed by atoms with Crippen molar-refractivity contribution >= 4 is 0 Å². The normalized spacial score (nSPS) is 17.1. The predicted molar refractivity (Wildman–Crippen MR) is 55.7 cm³/mol. The van der Waals surface area contributed by atoms with Crippen LogP contribution in [0.1, 0.15) is 27.2 Å². The van der Waals surface area contributed by atoms with Crippen LogP contribution in [-0.4, -0.2) is 48.2 Å². The van der Waals surface area contributed by atoms with E-state index in [0.29, 0.717) is 6.42 Å². The van der Waals surface area contributed by atoms with Crippen LogP contribution in [0, 0.1) is 5.41 Å². The Morgan fingerprint density at radius 3 is 2.21 bits per heavy atom. The molecule has 0 aliphatic carbocycles. The standard InChI is InChI=1S/C10H23NO3/c1-8(14-11(4)5)6-10(2,3)9(13)7-12/h8-9,12-13H,6-7H2,1-5H3. The zero-order valence-corrected chi connectivity index (χ0v) is 9.82. The molecule has 14 heavy (non-hydrogen) atoms. The molecule has 0 aliphatic rings. The van der Waals surface area contributed by atoms with Gasteiger partial charge in [0, 0.05) is 14.1 Å². The van der Waals surface area contributed by atoms with E-state index in [4.69, 9.17) is 9.94 Å². The lowest BCUT2D eigenvalue weighted by atomic mass is 9.81. The molecular formula is C10H23NO3. The highest BCUT2D eigenvalue weighted by Gasteiger charge is 2.29. The second-order valence-corrected chi connectivity index (χ2v) is 4.62. The third-order valence-electron chi connectivity index (χ3n) is 2.28. The summed E-state index contributed by atoms with van der Waals surface area (Å²) >= 11 is 0. The topological polar surface area (TPSA) is 52.9 Å². The van der Waals surface area contributed by atoms with Gasteiger partial charge >= 0.3 is 0 Å². The van der Waals surface area contributed by atoms with Crippen molar-refractivity contribution in [1.82, 2.24) is 5.06 Å². The van der Waals surface area contributed by atoms with Gasteiger partial charge in [-0.25, -0.2) is 0 Å². The second-order valence-electron chi connectivity index (χ2n) is 4.62. The molecule has 0 saturated carbocycles. The summed E-state index contributed by atoms with van der Waals surface area (Å²) in [5.74, 6) is 0. The fourth-order valence-electron chi connectivity index (χ4n) is 1.52. The number of hydrogen-bond donors (Lipinski definition) is 2. The summed E-state index contributed by atoms with van der Waals surface area (Å²) in [6, 6.07) is 0. The summed E-state index contributed by atoms with van der Waals surface area (Å²) in [4.78, 5) is 5.42. The van der Waals surface area contributed by atoms with E-state index in [1.54, 1.807) is 5.06 Å². The van der Waals surface area contributed by atoms with Crippen molar-refractivity contribution in [2.75, 3.05) is 20.7 Å². The summed E-state index contributed by atoms with van der Waals surface area (Å²) in [6.07, 6.45) is 0.0318. The molecule has 2 atom stereocenters. The highest BCUT2D eigenvalue weighted by atomic mass is 16.7. The van der Waals surface area contributed by atoms with E-state index in [1.807, 2.05) is 34.9 Å². The Bertz CT molecular complexity index is 159. The van der Waals surface area contributed by atoms with E-state index in [1.165, 1.54) is 0 Å². The lowest BCUT2D eigenvalue weighted by molar-refractivity contribution is -0.173. The van der Waals surface area contributed by atoms with Crippen molar-refractivity contribution in [2.45, 2.75) is 39.4 Å². The number of aliphatic hydroxyl groups is 2. The fraction of sp³-hybridized carbons (Fsp3) is 1.00. The maximum atomic E-state index is 9.55. The van der Waals surface area contributed by atoms with Crippen molar-refractivity contribution < 1.29 is 15.1 Å². The molecular weight excluding hydrogens is 182 g/mol. The van der Waals surface area contributed by atoms with Gasteiger partial charge in [-0.15, -0.1) is 0 Å². The Kier molecular flexibility index (Phi) is 5.59. The number of nitrogens with zero attached hydrogens (tertiary/aromatic N) is 1. The quantitative estimate of drug-likeness (QED) is 0.625. The van der Waals surface area contributed by atoms with E-state index in [-0.39, 0.29) is 18.1 Å². The summed E-state index contributed by atoms with van der Waals surface area (Å²) in [7, 11) is 3.65. The first kappa shape index (κ1) is 13.8. The lowest BCUT2D eigenvalue weighted by Crippen LogP contribution is -2.36. The molecule has 0 amide bonds. The molecule has 0 aromatic heterocycles. The molecule has 0 heterocycles.